The second-order valence-corrected chi connectivity index (χ2v) is 7.32. The third-order valence-electron chi connectivity index (χ3n) is 4.53. The number of ether oxygens (including phenoxy) is 1. The van der Waals surface area contributed by atoms with Gasteiger partial charge in [-0.05, 0) is 31.0 Å². The quantitative estimate of drug-likeness (QED) is 0.340. The molecule has 32 heavy (non-hydrogen) atoms. The number of urea groups is 1. The van der Waals surface area contributed by atoms with Gasteiger partial charge >= 0.3 is 6.03 Å². The topological polar surface area (TPSA) is 117 Å². The largest absolute Gasteiger partial charge is 0.453 e. The highest BCUT2D eigenvalue weighted by molar-refractivity contribution is 6.38. The van der Waals surface area contributed by atoms with Crippen molar-refractivity contribution in [2.75, 3.05) is 12.1 Å². The molecule has 0 atom stereocenters. The molecule has 168 valence electrons. The van der Waals surface area contributed by atoms with Crippen LogP contribution in [0.5, 0.6) is 11.5 Å². The van der Waals surface area contributed by atoms with Gasteiger partial charge in [0.25, 0.3) is 5.56 Å². The van der Waals surface area contributed by atoms with Crippen molar-refractivity contribution in [1.82, 2.24) is 9.88 Å². The lowest BCUT2D eigenvalue weighted by molar-refractivity contribution is -0.102. The zero-order valence-corrected chi connectivity index (χ0v) is 19.1. The summed E-state index contributed by atoms with van der Waals surface area (Å²) in [6.45, 7) is 3.98. The monoisotopic (exact) mass is 477 g/mol. The summed E-state index contributed by atoms with van der Waals surface area (Å²) in [5.74, 6) is 0.450. The van der Waals surface area contributed by atoms with Crippen molar-refractivity contribution in [1.29, 1.82) is 5.26 Å². The van der Waals surface area contributed by atoms with Crippen molar-refractivity contribution in [3.05, 3.63) is 50.9 Å². The minimum Gasteiger partial charge on any atom is -0.453 e. The standard InChI is InChI=1S/C21H21Cl2N5O4/c1-4-14(5-2)27-11-16(6-7-19(27)30)32-20-17(22)8-15(9-18(20)23)28(21(31)25-3)26-13(10-24)12-29/h6-9,11-12,14H,4-5H2,1-3H3,(H,25,31)/b26-13-. The van der Waals surface area contributed by atoms with Crippen LogP contribution in [0.1, 0.15) is 32.7 Å². The molecule has 0 fully saturated rings. The molecule has 2 amide bonds. The van der Waals surface area contributed by atoms with Crippen LogP contribution in [0.3, 0.4) is 0 Å². The van der Waals surface area contributed by atoms with E-state index >= 15 is 0 Å². The van der Waals surface area contributed by atoms with Crippen LogP contribution < -0.4 is 20.6 Å². The van der Waals surface area contributed by atoms with Crippen LogP contribution in [0, 0.1) is 11.3 Å². The normalized spacial score (nSPS) is 11.1. The average Bonchev–Trinajstić information content (AvgIpc) is 2.79. The van der Waals surface area contributed by atoms with Gasteiger partial charge in [0.1, 0.15) is 11.8 Å². The lowest BCUT2D eigenvalue weighted by atomic mass is 10.1. The number of pyridine rings is 1. The number of anilines is 1. The molecule has 0 saturated heterocycles. The number of carbonyl (C=O) groups is 2. The predicted octanol–water partition coefficient (Wildman–Crippen LogP) is 4.53. The van der Waals surface area contributed by atoms with Crippen LogP contribution >= 0.6 is 23.2 Å². The Hall–Kier alpha value is -3.35. The van der Waals surface area contributed by atoms with E-state index in [1.54, 1.807) is 16.8 Å². The van der Waals surface area contributed by atoms with E-state index in [4.69, 9.17) is 33.2 Å². The van der Waals surface area contributed by atoms with Gasteiger partial charge in [-0.1, -0.05) is 37.0 Å². The number of benzene rings is 1. The van der Waals surface area contributed by atoms with Gasteiger partial charge in [-0.3, -0.25) is 9.59 Å². The van der Waals surface area contributed by atoms with Gasteiger partial charge in [-0.2, -0.15) is 10.3 Å². The SMILES string of the molecule is CCC(CC)n1cc(Oc2c(Cl)cc(N(/N=C(/C#N)C=O)C(=O)NC)cc2Cl)ccc1=O. The van der Waals surface area contributed by atoms with Crippen LogP contribution in [0.2, 0.25) is 10.0 Å². The Balaban J connectivity index is 2.48. The zero-order valence-electron chi connectivity index (χ0n) is 17.6. The van der Waals surface area contributed by atoms with Crippen molar-refractivity contribution >= 4 is 46.9 Å². The lowest BCUT2D eigenvalue weighted by Crippen LogP contribution is -2.35. The molecule has 1 aromatic heterocycles. The molecule has 2 aromatic rings. The van der Waals surface area contributed by atoms with Gasteiger partial charge in [0.2, 0.25) is 5.71 Å². The van der Waals surface area contributed by atoms with Gasteiger partial charge in [0.05, 0.1) is 21.9 Å². The molecular formula is C21H21Cl2N5O4. The number of nitrogens with one attached hydrogen (secondary N) is 1. The molecule has 1 heterocycles. The summed E-state index contributed by atoms with van der Waals surface area (Å²) >= 11 is 12.7. The summed E-state index contributed by atoms with van der Waals surface area (Å²) in [7, 11) is 1.35. The van der Waals surface area contributed by atoms with E-state index in [2.05, 4.69) is 10.4 Å². The van der Waals surface area contributed by atoms with E-state index in [1.807, 2.05) is 13.8 Å². The summed E-state index contributed by atoms with van der Waals surface area (Å²) in [6, 6.07) is 6.46. The fourth-order valence-electron chi connectivity index (χ4n) is 2.90. The summed E-state index contributed by atoms with van der Waals surface area (Å²) in [6.07, 6.45) is 3.35. The molecule has 9 nitrogen and oxygen atoms in total. The predicted molar refractivity (Wildman–Crippen MR) is 123 cm³/mol. The number of aromatic nitrogens is 1. The number of carbonyl (C=O) groups excluding carboxylic acids is 2. The van der Waals surface area contributed by atoms with Crippen molar-refractivity contribution in [2.24, 2.45) is 5.10 Å². The fourth-order valence-corrected chi connectivity index (χ4v) is 3.45. The van der Waals surface area contributed by atoms with Crippen molar-refractivity contribution in [3.63, 3.8) is 0 Å². The molecule has 0 unspecified atom stereocenters. The number of hydrogen-bond donors (Lipinski definition) is 1. The van der Waals surface area contributed by atoms with Gasteiger partial charge in [0, 0.05) is 19.2 Å². The molecule has 11 heteroatoms. The average molecular weight is 478 g/mol. The Bertz CT molecular complexity index is 1110. The maximum atomic E-state index is 12.2. The molecule has 1 aromatic carbocycles. The van der Waals surface area contributed by atoms with Gasteiger partial charge in [-0.25, -0.2) is 4.79 Å². The number of nitriles is 1. The minimum absolute atomic E-state index is 0.0190. The third-order valence-corrected chi connectivity index (χ3v) is 5.10. The number of halogens is 2. The van der Waals surface area contributed by atoms with Gasteiger partial charge < -0.3 is 14.6 Å². The van der Waals surface area contributed by atoms with Gasteiger partial charge in [-0.15, -0.1) is 5.10 Å². The summed E-state index contributed by atoms with van der Waals surface area (Å²) in [5.41, 5.74) is -0.575. The van der Waals surface area contributed by atoms with Crippen LogP contribution in [0.4, 0.5) is 10.5 Å². The van der Waals surface area contributed by atoms with E-state index < -0.39 is 11.7 Å². The van der Waals surface area contributed by atoms with E-state index in [0.717, 1.165) is 17.9 Å². The molecule has 0 bridgehead atoms. The maximum Gasteiger partial charge on any atom is 0.342 e. The number of nitrogens with zero attached hydrogens (tertiary/aromatic N) is 4. The molecule has 0 aliphatic carbocycles. The Labute approximate surface area is 194 Å². The van der Waals surface area contributed by atoms with Crippen molar-refractivity contribution in [2.45, 2.75) is 32.7 Å². The number of hydrazone groups is 1. The van der Waals surface area contributed by atoms with E-state index in [9.17, 15) is 14.4 Å². The summed E-state index contributed by atoms with van der Waals surface area (Å²) in [4.78, 5) is 35.4. The Morgan fingerprint density at radius 1 is 1.31 bits per heavy atom. The molecule has 0 spiro atoms. The van der Waals surface area contributed by atoms with Crippen LogP contribution in [-0.4, -0.2) is 29.6 Å². The number of hydrogen-bond acceptors (Lipinski definition) is 6. The first-order valence-electron chi connectivity index (χ1n) is 9.64. The first-order valence-corrected chi connectivity index (χ1v) is 10.4. The maximum absolute atomic E-state index is 12.2. The second-order valence-electron chi connectivity index (χ2n) is 6.50. The first kappa shape index (κ1) is 24.9. The Morgan fingerprint density at radius 2 is 1.94 bits per heavy atom. The fraction of sp³-hybridized carbons (Fsp3) is 0.286. The highest BCUT2D eigenvalue weighted by Gasteiger charge is 2.20. The lowest BCUT2D eigenvalue weighted by Gasteiger charge is -2.20. The van der Waals surface area contributed by atoms with Gasteiger partial charge in [0.15, 0.2) is 12.0 Å². The Kier molecular flexibility index (Phi) is 8.81. The number of amides is 2. The van der Waals surface area contributed by atoms with Crippen LogP contribution in [-0.2, 0) is 4.79 Å². The van der Waals surface area contributed by atoms with E-state index in [-0.39, 0.29) is 39.4 Å². The smallest absolute Gasteiger partial charge is 0.342 e. The molecule has 0 radical (unpaired) electrons. The van der Waals surface area contributed by atoms with Crippen LogP contribution in [0.15, 0.2) is 40.4 Å². The third kappa shape index (κ3) is 5.66. The van der Waals surface area contributed by atoms with E-state index in [0.29, 0.717) is 5.75 Å². The highest BCUT2D eigenvalue weighted by atomic mass is 35.5. The Morgan fingerprint density at radius 3 is 2.44 bits per heavy atom. The molecule has 2 rings (SSSR count). The van der Waals surface area contributed by atoms with Crippen molar-refractivity contribution < 1.29 is 14.3 Å². The molecule has 0 saturated carbocycles. The molecule has 0 aliphatic heterocycles. The first-order chi connectivity index (χ1) is 15.3. The summed E-state index contributed by atoms with van der Waals surface area (Å²) in [5, 5.41) is 15.9. The molecule has 1 N–H and O–H groups in total. The zero-order chi connectivity index (χ0) is 23.8. The number of rotatable bonds is 8. The highest BCUT2D eigenvalue weighted by Crippen LogP contribution is 2.40. The summed E-state index contributed by atoms with van der Waals surface area (Å²) < 4.78 is 7.43. The number of aldehydes is 1. The van der Waals surface area contributed by atoms with Crippen molar-refractivity contribution in [3.8, 4) is 17.6 Å². The van der Waals surface area contributed by atoms with E-state index in [1.165, 1.54) is 31.3 Å². The van der Waals surface area contributed by atoms with Crippen LogP contribution in [0.25, 0.3) is 0 Å². The second kappa shape index (κ2) is 11.3. The molecule has 0 aliphatic rings. The molecular weight excluding hydrogens is 457 g/mol. The minimum atomic E-state index is -0.724.